The second-order valence-corrected chi connectivity index (χ2v) is 6.77. The SMILES string of the molecule is COc1ccc2ccc(OC)c(C=C(C#N)C(=O)Nc3cc(C)cc(C)c3)c2c1. The summed E-state index contributed by atoms with van der Waals surface area (Å²) in [6.45, 7) is 3.91. The summed E-state index contributed by atoms with van der Waals surface area (Å²) in [7, 11) is 3.15. The van der Waals surface area contributed by atoms with Gasteiger partial charge < -0.3 is 14.8 Å². The first-order valence-corrected chi connectivity index (χ1v) is 9.11. The van der Waals surface area contributed by atoms with Gasteiger partial charge in [-0.3, -0.25) is 4.79 Å². The van der Waals surface area contributed by atoms with Crippen molar-refractivity contribution in [2.24, 2.45) is 0 Å². The molecule has 5 heteroatoms. The van der Waals surface area contributed by atoms with Gasteiger partial charge in [-0.2, -0.15) is 5.26 Å². The molecule has 29 heavy (non-hydrogen) atoms. The van der Waals surface area contributed by atoms with Gasteiger partial charge in [-0.05, 0) is 72.2 Å². The Kier molecular flexibility index (Phi) is 5.85. The number of carbonyl (C=O) groups is 1. The number of amides is 1. The van der Waals surface area contributed by atoms with E-state index in [-0.39, 0.29) is 5.57 Å². The van der Waals surface area contributed by atoms with E-state index in [0.717, 1.165) is 21.9 Å². The van der Waals surface area contributed by atoms with E-state index in [0.29, 0.717) is 22.7 Å². The summed E-state index contributed by atoms with van der Waals surface area (Å²) >= 11 is 0. The number of nitrogens with zero attached hydrogens (tertiary/aromatic N) is 1. The monoisotopic (exact) mass is 386 g/mol. The summed E-state index contributed by atoms with van der Waals surface area (Å²) in [6.07, 6.45) is 1.55. The highest BCUT2D eigenvalue weighted by molar-refractivity contribution is 6.11. The third kappa shape index (κ3) is 4.39. The molecule has 0 aliphatic carbocycles. The third-order valence-electron chi connectivity index (χ3n) is 4.58. The Morgan fingerprint density at radius 3 is 2.31 bits per heavy atom. The molecule has 0 aliphatic heterocycles. The van der Waals surface area contributed by atoms with Gasteiger partial charge >= 0.3 is 0 Å². The molecule has 0 spiro atoms. The molecule has 0 radical (unpaired) electrons. The molecule has 0 heterocycles. The number of methoxy groups -OCH3 is 2. The number of rotatable bonds is 5. The van der Waals surface area contributed by atoms with Gasteiger partial charge in [-0.1, -0.05) is 18.2 Å². The second-order valence-electron chi connectivity index (χ2n) is 6.77. The first kappa shape index (κ1) is 20.0. The van der Waals surface area contributed by atoms with Crippen molar-refractivity contribution in [3.63, 3.8) is 0 Å². The molecule has 1 N–H and O–H groups in total. The smallest absolute Gasteiger partial charge is 0.266 e. The summed E-state index contributed by atoms with van der Waals surface area (Å²) in [5.41, 5.74) is 3.35. The molecule has 5 nitrogen and oxygen atoms in total. The fourth-order valence-corrected chi connectivity index (χ4v) is 3.29. The number of ether oxygens (including phenoxy) is 2. The molecule has 0 atom stereocenters. The maximum absolute atomic E-state index is 12.8. The van der Waals surface area contributed by atoms with Crippen molar-refractivity contribution in [2.45, 2.75) is 13.8 Å². The lowest BCUT2D eigenvalue weighted by molar-refractivity contribution is -0.112. The largest absolute Gasteiger partial charge is 0.497 e. The minimum atomic E-state index is -0.473. The molecular formula is C24H22N2O3. The molecule has 3 aromatic rings. The van der Waals surface area contributed by atoms with Crippen LogP contribution >= 0.6 is 0 Å². The summed E-state index contributed by atoms with van der Waals surface area (Å²) in [6, 6.07) is 17.1. The zero-order chi connectivity index (χ0) is 21.0. The highest BCUT2D eigenvalue weighted by Crippen LogP contribution is 2.32. The van der Waals surface area contributed by atoms with E-state index in [1.165, 1.54) is 0 Å². The van der Waals surface area contributed by atoms with Crippen molar-refractivity contribution < 1.29 is 14.3 Å². The zero-order valence-electron chi connectivity index (χ0n) is 16.9. The summed E-state index contributed by atoms with van der Waals surface area (Å²) < 4.78 is 10.8. The van der Waals surface area contributed by atoms with Crippen LogP contribution in [0.15, 0.2) is 54.1 Å². The number of aryl methyl sites for hydroxylation is 2. The highest BCUT2D eigenvalue weighted by atomic mass is 16.5. The number of benzene rings is 3. The molecule has 0 aromatic heterocycles. The van der Waals surface area contributed by atoms with E-state index < -0.39 is 5.91 Å². The average molecular weight is 386 g/mol. The van der Waals surface area contributed by atoms with E-state index in [2.05, 4.69) is 5.32 Å². The standard InChI is InChI=1S/C24H22N2O3/c1-15-9-16(2)11-19(10-15)26-24(27)18(14-25)12-22-21-13-20(28-3)7-5-17(21)6-8-23(22)29-4/h5-13H,1-4H3,(H,26,27). The van der Waals surface area contributed by atoms with Gasteiger partial charge in [-0.15, -0.1) is 0 Å². The van der Waals surface area contributed by atoms with E-state index in [9.17, 15) is 10.1 Å². The number of hydrogen-bond acceptors (Lipinski definition) is 4. The number of carbonyl (C=O) groups excluding carboxylic acids is 1. The van der Waals surface area contributed by atoms with E-state index in [1.54, 1.807) is 20.3 Å². The number of fused-ring (bicyclic) bond motifs is 1. The van der Waals surface area contributed by atoms with E-state index >= 15 is 0 Å². The van der Waals surface area contributed by atoms with Gasteiger partial charge in [0.2, 0.25) is 0 Å². The van der Waals surface area contributed by atoms with Gasteiger partial charge in [0.15, 0.2) is 0 Å². The first-order valence-electron chi connectivity index (χ1n) is 9.11. The Labute approximate surface area is 170 Å². The molecule has 0 saturated heterocycles. The Balaban J connectivity index is 2.07. The Bertz CT molecular complexity index is 1130. The lowest BCUT2D eigenvalue weighted by Crippen LogP contribution is -2.13. The second kappa shape index (κ2) is 8.49. The zero-order valence-corrected chi connectivity index (χ0v) is 16.9. The van der Waals surface area contributed by atoms with Crippen LogP contribution in [0.25, 0.3) is 16.8 Å². The number of hydrogen-bond donors (Lipinski definition) is 1. The predicted molar refractivity (Wildman–Crippen MR) is 115 cm³/mol. The van der Waals surface area contributed by atoms with Crippen LogP contribution in [0, 0.1) is 25.2 Å². The molecule has 0 saturated carbocycles. The van der Waals surface area contributed by atoms with Crippen LogP contribution in [0.3, 0.4) is 0 Å². The number of nitriles is 1. The van der Waals surface area contributed by atoms with Crippen LogP contribution in [0.5, 0.6) is 11.5 Å². The van der Waals surface area contributed by atoms with Crippen LogP contribution in [-0.4, -0.2) is 20.1 Å². The molecule has 0 aliphatic rings. The van der Waals surface area contributed by atoms with Gasteiger partial charge in [0.1, 0.15) is 23.1 Å². The average Bonchev–Trinajstić information content (AvgIpc) is 2.70. The fraction of sp³-hybridized carbons (Fsp3) is 0.167. The van der Waals surface area contributed by atoms with Crippen molar-refractivity contribution in [1.29, 1.82) is 5.26 Å². The Hall–Kier alpha value is -3.78. The molecule has 0 bridgehead atoms. The summed E-state index contributed by atoms with van der Waals surface area (Å²) in [4.78, 5) is 12.8. The minimum Gasteiger partial charge on any atom is -0.497 e. The van der Waals surface area contributed by atoms with Crippen LogP contribution in [0.1, 0.15) is 16.7 Å². The number of nitrogens with one attached hydrogen (secondary N) is 1. The summed E-state index contributed by atoms with van der Waals surface area (Å²) in [5, 5.41) is 14.2. The van der Waals surface area contributed by atoms with Crippen molar-refractivity contribution >= 4 is 28.4 Å². The first-order chi connectivity index (χ1) is 13.9. The Morgan fingerprint density at radius 2 is 1.69 bits per heavy atom. The van der Waals surface area contributed by atoms with Crippen molar-refractivity contribution in [3.8, 4) is 17.6 Å². The number of anilines is 1. The van der Waals surface area contributed by atoms with Gasteiger partial charge in [0.25, 0.3) is 5.91 Å². The van der Waals surface area contributed by atoms with Crippen LogP contribution in [0.4, 0.5) is 5.69 Å². The summed E-state index contributed by atoms with van der Waals surface area (Å²) in [5.74, 6) is 0.774. The topological polar surface area (TPSA) is 71.3 Å². The van der Waals surface area contributed by atoms with Crippen LogP contribution < -0.4 is 14.8 Å². The maximum atomic E-state index is 12.8. The molecule has 0 fully saturated rings. The van der Waals surface area contributed by atoms with E-state index in [4.69, 9.17) is 9.47 Å². The van der Waals surface area contributed by atoms with Gasteiger partial charge in [0, 0.05) is 11.3 Å². The molecule has 1 amide bonds. The lowest BCUT2D eigenvalue weighted by Gasteiger charge is -2.11. The van der Waals surface area contributed by atoms with Gasteiger partial charge in [-0.25, -0.2) is 0 Å². The Morgan fingerprint density at radius 1 is 1.00 bits per heavy atom. The minimum absolute atomic E-state index is 0.0159. The maximum Gasteiger partial charge on any atom is 0.266 e. The predicted octanol–water partition coefficient (Wildman–Crippen LogP) is 5.02. The molecule has 146 valence electrons. The van der Waals surface area contributed by atoms with Crippen molar-refractivity contribution in [1.82, 2.24) is 0 Å². The van der Waals surface area contributed by atoms with E-state index in [1.807, 2.05) is 68.4 Å². The quantitative estimate of drug-likeness (QED) is 0.494. The molecule has 0 unspecified atom stereocenters. The van der Waals surface area contributed by atoms with Crippen molar-refractivity contribution in [2.75, 3.05) is 19.5 Å². The lowest BCUT2D eigenvalue weighted by atomic mass is 10.0. The van der Waals surface area contributed by atoms with Crippen LogP contribution in [-0.2, 0) is 4.79 Å². The van der Waals surface area contributed by atoms with Gasteiger partial charge in [0.05, 0.1) is 14.2 Å². The normalized spacial score (nSPS) is 11.1. The highest BCUT2D eigenvalue weighted by Gasteiger charge is 2.14. The molecular weight excluding hydrogens is 364 g/mol. The fourth-order valence-electron chi connectivity index (χ4n) is 3.29. The molecule has 3 aromatic carbocycles. The van der Waals surface area contributed by atoms with Crippen LogP contribution in [0.2, 0.25) is 0 Å². The van der Waals surface area contributed by atoms with Crippen molar-refractivity contribution in [3.05, 3.63) is 70.8 Å². The third-order valence-corrected chi connectivity index (χ3v) is 4.58. The molecule has 3 rings (SSSR count).